The Morgan fingerprint density at radius 1 is 1.53 bits per heavy atom. The van der Waals surface area contributed by atoms with Gasteiger partial charge in [0.2, 0.25) is 0 Å². The first kappa shape index (κ1) is 14.2. The summed E-state index contributed by atoms with van der Waals surface area (Å²) in [6.45, 7) is 2.29. The lowest BCUT2D eigenvalue weighted by Gasteiger charge is -2.25. The van der Waals surface area contributed by atoms with Crippen LogP contribution in [0.1, 0.15) is 43.0 Å². The van der Waals surface area contributed by atoms with Gasteiger partial charge in [-0.05, 0) is 24.8 Å². The molecular formula is C14H20N2O2S. The number of nitrogen functional groups attached to an aromatic ring is 1. The number of hydrogen-bond acceptors (Lipinski definition) is 5. The van der Waals surface area contributed by atoms with Crippen LogP contribution in [0.5, 0.6) is 0 Å². The lowest BCUT2D eigenvalue weighted by Crippen LogP contribution is -2.15. The number of ether oxygens (including phenoxy) is 1. The summed E-state index contributed by atoms with van der Waals surface area (Å²) in [5, 5.41) is 1.44. The normalized spacial score (nSPS) is 23.1. The first-order valence-electron chi connectivity index (χ1n) is 6.60. The molecular weight excluding hydrogens is 260 g/mol. The Hall–Kier alpha value is -1.23. The first-order chi connectivity index (χ1) is 9.10. The van der Waals surface area contributed by atoms with Crippen molar-refractivity contribution in [1.82, 2.24) is 4.98 Å². The molecule has 0 bridgehead atoms. The second kappa shape index (κ2) is 6.28. The molecule has 1 saturated carbocycles. The second-order valence-corrected chi connectivity index (χ2v) is 6.43. The van der Waals surface area contributed by atoms with E-state index >= 15 is 0 Å². The Balaban J connectivity index is 2.10. The highest BCUT2D eigenvalue weighted by Crippen LogP contribution is 2.35. The summed E-state index contributed by atoms with van der Waals surface area (Å²) in [6, 6.07) is 1.74. The number of pyridine rings is 1. The van der Waals surface area contributed by atoms with E-state index in [9.17, 15) is 4.79 Å². The van der Waals surface area contributed by atoms with Crippen molar-refractivity contribution in [1.29, 1.82) is 0 Å². The van der Waals surface area contributed by atoms with Crippen LogP contribution < -0.4 is 5.73 Å². The molecule has 19 heavy (non-hydrogen) atoms. The molecule has 1 fully saturated rings. The Morgan fingerprint density at radius 3 is 3.00 bits per heavy atom. The van der Waals surface area contributed by atoms with Crippen LogP contribution in [0.4, 0.5) is 5.69 Å². The molecule has 0 amide bonds. The van der Waals surface area contributed by atoms with E-state index in [1.165, 1.54) is 32.8 Å². The summed E-state index contributed by atoms with van der Waals surface area (Å²) in [5.74, 6) is 0.374. The van der Waals surface area contributed by atoms with Crippen LogP contribution in [0.15, 0.2) is 17.3 Å². The zero-order valence-corrected chi connectivity index (χ0v) is 12.2. The van der Waals surface area contributed by atoms with E-state index in [1.807, 2.05) is 0 Å². The highest BCUT2D eigenvalue weighted by Gasteiger charge is 2.21. The Morgan fingerprint density at radius 2 is 2.32 bits per heavy atom. The summed E-state index contributed by atoms with van der Waals surface area (Å²) in [7, 11) is 1.36. The lowest BCUT2D eigenvalue weighted by atomic mass is 9.91. The minimum Gasteiger partial charge on any atom is -0.465 e. The predicted octanol–water partition coefficient (Wildman–Crippen LogP) is 3.12. The van der Waals surface area contributed by atoms with Gasteiger partial charge in [-0.15, -0.1) is 11.8 Å². The first-order valence-corrected chi connectivity index (χ1v) is 7.48. The highest BCUT2D eigenvalue weighted by molar-refractivity contribution is 7.99. The number of carbonyl (C=O) groups is 1. The number of methoxy groups -OCH3 is 1. The van der Waals surface area contributed by atoms with Gasteiger partial charge in [-0.1, -0.05) is 19.8 Å². The third-order valence-electron chi connectivity index (χ3n) is 3.49. The highest BCUT2D eigenvalue weighted by atomic mass is 32.2. The summed E-state index contributed by atoms with van der Waals surface area (Å²) < 4.78 is 4.72. The average Bonchev–Trinajstić information content (AvgIpc) is 2.40. The molecule has 104 valence electrons. The van der Waals surface area contributed by atoms with Gasteiger partial charge in [0.05, 0.1) is 29.6 Å². The van der Waals surface area contributed by atoms with E-state index in [2.05, 4.69) is 11.9 Å². The quantitative estimate of drug-likeness (QED) is 0.862. The zero-order valence-electron chi connectivity index (χ0n) is 11.4. The molecule has 1 aromatic rings. The van der Waals surface area contributed by atoms with Crippen LogP contribution in [-0.2, 0) is 4.74 Å². The van der Waals surface area contributed by atoms with Gasteiger partial charge in [-0.2, -0.15) is 0 Å². The molecule has 0 aromatic carbocycles. The van der Waals surface area contributed by atoms with Gasteiger partial charge in [0.15, 0.2) is 0 Å². The average molecular weight is 280 g/mol. The molecule has 1 aliphatic carbocycles. The van der Waals surface area contributed by atoms with Crippen molar-refractivity contribution >= 4 is 23.4 Å². The van der Waals surface area contributed by atoms with Crippen LogP contribution in [0.3, 0.4) is 0 Å². The molecule has 5 heteroatoms. The number of hydrogen-bond donors (Lipinski definition) is 1. The Labute approximate surface area is 118 Å². The SMILES string of the molecule is COC(=O)c1cc(SC2CCCC(C)C2)ncc1N. The fourth-order valence-electron chi connectivity index (χ4n) is 2.45. The largest absolute Gasteiger partial charge is 0.465 e. The minimum atomic E-state index is -0.404. The van der Waals surface area contributed by atoms with Crippen molar-refractivity contribution in [2.75, 3.05) is 12.8 Å². The molecule has 2 rings (SSSR count). The van der Waals surface area contributed by atoms with Crippen molar-refractivity contribution in [2.45, 2.75) is 42.9 Å². The minimum absolute atomic E-state index is 0.369. The monoisotopic (exact) mass is 280 g/mol. The molecule has 0 aliphatic heterocycles. The van der Waals surface area contributed by atoms with Gasteiger partial charge in [0.25, 0.3) is 0 Å². The van der Waals surface area contributed by atoms with Crippen LogP contribution in [0.2, 0.25) is 0 Å². The Kier molecular flexibility index (Phi) is 4.69. The number of esters is 1. The van der Waals surface area contributed by atoms with E-state index < -0.39 is 5.97 Å². The number of anilines is 1. The van der Waals surface area contributed by atoms with Crippen molar-refractivity contribution in [3.05, 3.63) is 17.8 Å². The smallest absolute Gasteiger partial charge is 0.340 e. The van der Waals surface area contributed by atoms with E-state index in [1.54, 1.807) is 24.0 Å². The van der Waals surface area contributed by atoms with E-state index in [0.717, 1.165) is 10.9 Å². The number of carbonyl (C=O) groups excluding carboxylic acids is 1. The zero-order chi connectivity index (χ0) is 13.8. The predicted molar refractivity (Wildman–Crippen MR) is 77.3 cm³/mol. The third-order valence-corrected chi connectivity index (χ3v) is 4.72. The Bertz CT molecular complexity index is 465. The van der Waals surface area contributed by atoms with E-state index in [0.29, 0.717) is 16.5 Å². The molecule has 2 atom stereocenters. The topological polar surface area (TPSA) is 65.2 Å². The van der Waals surface area contributed by atoms with Gasteiger partial charge >= 0.3 is 5.97 Å². The summed E-state index contributed by atoms with van der Waals surface area (Å²) in [5.41, 5.74) is 6.52. The molecule has 0 spiro atoms. The fraction of sp³-hybridized carbons (Fsp3) is 0.571. The number of nitrogens with zero attached hydrogens (tertiary/aromatic N) is 1. The molecule has 1 aliphatic rings. The lowest BCUT2D eigenvalue weighted by molar-refractivity contribution is 0.0601. The summed E-state index contributed by atoms with van der Waals surface area (Å²) in [6.07, 6.45) is 6.57. The van der Waals surface area contributed by atoms with Crippen molar-refractivity contribution in [3.63, 3.8) is 0 Å². The summed E-state index contributed by atoms with van der Waals surface area (Å²) >= 11 is 1.74. The third kappa shape index (κ3) is 3.62. The standard InChI is InChI=1S/C14H20N2O2S/c1-9-4-3-5-10(6-9)19-13-7-11(14(17)18-2)12(15)8-16-13/h7-10H,3-6,15H2,1-2H3. The van der Waals surface area contributed by atoms with Gasteiger partial charge in [0.1, 0.15) is 0 Å². The maximum absolute atomic E-state index is 11.6. The second-order valence-electron chi connectivity index (χ2n) is 5.11. The van der Waals surface area contributed by atoms with Crippen LogP contribution >= 0.6 is 11.8 Å². The van der Waals surface area contributed by atoms with Gasteiger partial charge in [-0.25, -0.2) is 9.78 Å². The molecule has 0 radical (unpaired) electrons. The maximum atomic E-state index is 11.6. The van der Waals surface area contributed by atoms with Crippen molar-refractivity contribution in [3.8, 4) is 0 Å². The number of nitrogens with two attached hydrogens (primary N) is 1. The van der Waals surface area contributed by atoms with Gasteiger partial charge in [-0.3, -0.25) is 0 Å². The van der Waals surface area contributed by atoms with Gasteiger partial charge < -0.3 is 10.5 Å². The number of aromatic nitrogens is 1. The van der Waals surface area contributed by atoms with Crippen molar-refractivity contribution < 1.29 is 9.53 Å². The molecule has 4 nitrogen and oxygen atoms in total. The van der Waals surface area contributed by atoms with Crippen LogP contribution in [0.25, 0.3) is 0 Å². The molecule has 2 N–H and O–H groups in total. The molecule has 0 saturated heterocycles. The van der Waals surface area contributed by atoms with Crippen LogP contribution in [-0.4, -0.2) is 23.3 Å². The van der Waals surface area contributed by atoms with E-state index in [-0.39, 0.29) is 0 Å². The van der Waals surface area contributed by atoms with Crippen LogP contribution in [0, 0.1) is 5.92 Å². The fourth-order valence-corrected chi connectivity index (χ4v) is 3.80. The summed E-state index contributed by atoms with van der Waals surface area (Å²) in [4.78, 5) is 15.9. The molecule has 1 aromatic heterocycles. The van der Waals surface area contributed by atoms with Crippen molar-refractivity contribution in [2.24, 2.45) is 5.92 Å². The molecule has 1 heterocycles. The van der Waals surface area contributed by atoms with Gasteiger partial charge in [0, 0.05) is 5.25 Å². The van der Waals surface area contributed by atoms with E-state index in [4.69, 9.17) is 10.5 Å². The molecule has 2 unspecified atom stereocenters. The number of thioether (sulfide) groups is 1. The number of rotatable bonds is 3. The maximum Gasteiger partial charge on any atom is 0.340 e.